The molecule has 0 atom stereocenters. The molecule has 0 unspecified atom stereocenters. The number of hydrogen-bond donors (Lipinski definition) is 3. The summed E-state index contributed by atoms with van der Waals surface area (Å²) >= 11 is 0. The lowest BCUT2D eigenvalue weighted by molar-refractivity contribution is -0.119. The Labute approximate surface area is 92.7 Å². The van der Waals surface area contributed by atoms with E-state index in [0.717, 1.165) is 6.08 Å². The minimum Gasteiger partial charge on any atom is -0.366 e. The molecular formula is C10H13N3O3. The number of rotatable bonds is 5. The summed E-state index contributed by atoms with van der Waals surface area (Å²) in [4.78, 5) is 32.5. The van der Waals surface area contributed by atoms with Gasteiger partial charge in [0.05, 0.1) is 0 Å². The van der Waals surface area contributed by atoms with E-state index in [1.54, 1.807) is 0 Å². The molecule has 0 aliphatic rings. The largest absolute Gasteiger partial charge is 0.366 e. The van der Waals surface area contributed by atoms with Crippen molar-refractivity contribution >= 4 is 17.7 Å². The summed E-state index contributed by atoms with van der Waals surface area (Å²) in [7, 11) is 0. The third-order valence-electron chi connectivity index (χ3n) is 1.60. The van der Waals surface area contributed by atoms with Gasteiger partial charge in [-0.25, -0.2) is 0 Å². The molecule has 0 aromatic heterocycles. The van der Waals surface area contributed by atoms with Crippen LogP contribution in [0.5, 0.6) is 0 Å². The van der Waals surface area contributed by atoms with E-state index in [9.17, 15) is 14.4 Å². The molecule has 6 heteroatoms. The fourth-order valence-electron chi connectivity index (χ4n) is 0.660. The van der Waals surface area contributed by atoms with E-state index in [1.807, 2.05) is 0 Å². The summed E-state index contributed by atoms with van der Waals surface area (Å²) in [6.45, 7) is 4.68. The molecule has 0 rings (SSSR count). The molecule has 0 spiro atoms. The Morgan fingerprint density at radius 1 is 1.12 bits per heavy atom. The highest BCUT2D eigenvalue weighted by molar-refractivity contribution is 5.99. The molecule has 0 heterocycles. The van der Waals surface area contributed by atoms with Gasteiger partial charge in [-0.1, -0.05) is 12.7 Å². The molecule has 0 aliphatic carbocycles. The van der Waals surface area contributed by atoms with Gasteiger partial charge in [-0.3, -0.25) is 14.4 Å². The van der Waals surface area contributed by atoms with Gasteiger partial charge in [-0.05, 0) is 19.1 Å². The Kier molecular flexibility index (Phi) is 5.26. The van der Waals surface area contributed by atoms with Gasteiger partial charge in [0.2, 0.25) is 11.8 Å². The molecule has 5 N–H and O–H groups in total. The number of amides is 3. The predicted molar refractivity (Wildman–Crippen MR) is 58.6 cm³/mol. The summed E-state index contributed by atoms with van der Waals surface area (Å²) in [5.74, 6) is -2.03. The fraction of sp³-hybridized carbons (Fsp3) is 0.100. The van der Waals surface area contributed by atoms with Crippen LogP contribution in [-0.2, 0) is 14.4 Å². The Morgan fingerprint density at radius 3 is 2.06 bits per heavy atom. The Bertz CT molecular complexity index is 394. The maximum absolute atomic E-state index is 10.9. The topological polar surface area (TPSA) is 115 Å². The van der Waals surface area contributed by atoms with Crippen LogP contribution in [0.4, 0.5) is 0 Å². The van der Waals surface area contributed by atoms with Gasteiger partial charge in [-0.2, -0.15) is 0 Å². The molecule has 0 saturated carbocycles. The van der Waals surface area contributed by atoms with Gasteiger partial charge in [-0.15, -0.1) is 0 Å². The first-order chi connectivity index (χ1) is 7.38. The molecule has 0 aliphatic heterocycles. The molecule has 0 fully saturated rings. The quantitative estimate of drug-likeness (QED) is 0.414. The lowest BCUT2D eigenvalue weighted by atomic mass is 10.2. The van der Waals surface area contributed by atoms with Crippen LogP contribution >= 0.6 is 0 Å². The van der Waals surface area contributed by atoms with E-state index in [2.05, 4.69) is 11.9 Å². The van der Waals surface area contributed by atoms with Crippen molar-refractivity contribution in [2.45, 2.75) is 6.92 Å². The van der Waals surface area contributed by atoms with Crippen molar-refractivity contribution < 1.29 is 14.4 Å². The monoisotopic (exact) mass is 223 g/mol. The van der Waals surface area contributed by atoms with Gasteiger partial charge in [0, 0.05) is 5.57 Å². The molecule has 86 valence electrons. The number of allylic oxidation sites excluding steroid dienone is 2. The number of nitrogens with two attached hydrogens (primary N) is 2. The SMILES string of the molecule is C=CC(=O)N/C(=C\C=C(/C)C(N)=O)C(N)=O. The number of nitrogens with one attached hydrogen (secondary N) is 1. The van der Waals surface area contributed by atoms with Crippen LogP contribution in [0.1, 0.15) is 6.92 Å². The molecule has 16 heavy (non-hydrogen) atoms. The molecule has 3 amide bonds. The van der Waals surface area contributed by atoms with Crippen molar-refractivity contribution in [3.8, 4) is 0 Å². The average Bonchev–Trinajstić information content (AvgIpc) is 2.22. The number of carbonyl (C=O) groups is 3. The third-order valence-corrected chi connectivity index (χ3v) is 1.60. The number of carbonyl (C=O) groups excluding carboxylic acids is 3. The van der Waals surface area contributed by atoms with Crippen LogP contribution in [-0.4, -0.2) is 17.7 Å². The normalized spacial score (nSPS) is 11.8. The lowest BCUT2D eigenvalue weighted by Gasteiger charge is -2.02. The number of hydrogen-bond acceptors (Lipinski definition) is 3. The van der Waals surface area contributed by atoms with Gasteiger partial charge >= 0.3 is 0 Å². The first-order valence-electron chi connectivity index (χ1n) is 4.30. The maximum Gasteiger partial charge on any atom is 0.265 e. The van der Waals surface area contributed by atoms with E-state index in [-0.39, 0.29) is 11.3 Å². The van der Waals surface area contributed by atoms with E-state index in [4.69, 9.17) is 11.5 Å². The smallest absolute Gasteiger partial charge is 0.265 e. The van der Waals surface area contributed by atoms with Gasteiger partial charge in [0.1, 0.15) is 5.70 Å². The molecule has 0 aromatic carbocycles. The van der Waals surface area contributed by atoms with Crippen LogP contribution in [0.3, 0.4) is 0 Å². The zero-order valence-corrected chi connectivity index (χ0v) is 8.82. The van der Waals surface area contributed by atoms with Crippen LogP contribution in [0.2, 0.25) is 0 Å². The number of primary amides is 2. The standard InChI is InChI=1S/C10H13N3O3/c1-3-8(14)13-7(10(12)16)5-4-6(2)9(11)15/h3-5H,1H2,2H3,(H2,11,15)(H2,12,16)(H,13,14)/b6-4+,7-5-. The van der Waals surface area contributed by atoms with Crippen LogP contribution in [0.15, 0.2) is 36.1 Å². The summed E-state index contributed by atoms with van der Waals surface area (Å²) in [6, 6.07) is 0. The van der Waals surface area contributed by atoms with Crippen molar-refractivity contribution in [2.75, 3.05) is 0 Å². The second kappa shape index (κ2) is 6.18. The van der Waals surface area contributed by atoms with Crippen molar-refractivity contribution in [3.05, 3.63) is 36.1 Å². The van der Waals surface area contributed by atoms with Crippen molar-refractivity contribution in [3.63, 3.8) is 0 Å². The Balaban J connectivity index is 4.93. The predicted octanol–water partition coefficient (Wildman–Crippen LogP) is -0.911. The van der Waals surface area contributed by atoms with Crippen LogP contribution in [0.25, 0.3) is 0 Å². The zero-order valence-electron chi connectivity index (χ0n) is 8.82. The summed E-state index contributed by atoms with van der Waals surface area (Å²) in [5, 5.41) is 2.19. The van der Waals surface area contributed by atoms with Crippen LogP contribution < -0.4 is 16.8 Å². The van der Waals surface area contributed by atoms with Crippen molar-refractivity contribution in [1.29, 1.82) is 0 Å². The highest BCUT2D eigenvalue weighted by Crippen LogP contribution is 1.95. The zero-order chi connectivity index (χ0) is 12.7. The highest BCUT2D eigenvalue weighted by Gasteiger charge is 2.06. The van der Waals surface area contributed by atoms with Crippen molar-refractivity contribution in [1.82, 2.24) is 5.32 Å². The molecular weight excluding hydrogens is 210 g/mol. The highest BCUT2D eigenvalue weighted by atomic mass is 16.2. The molecule has 0 saturated heterocycles. The van der Waals surface area contributed by atoms with E-state index in [0.29, 0.717) is 0 Å². The Morgan fingerprint density at radius 2 is 1.69 bits per heavy atom. The summed E-state index contributed by atoms with van der Waals surface area (Å²) in [5.41, 5.74) is 10.1. The first-order valence-corrected chi connectivity index (χ1v) is 4.30. The minimum atomic E-state index is -0.830. The fourth-order valence-corrected chi connectivity index (χ4v) is 0.660. The lowest BCUT2D eigenvalue weighted by Crippen LogP contribution is -2.29. The molecule has 0 radical (unpaired) electrons. The van der Waals surface area contributed by atoms with E-state index >= 15 is 0 Å². The summed E-state index contributed by atoms with van der Waals surface area (Å²) in [6.07, 6.45) is 3.47. The maximum atomic E-state index is 10.9. The van der Waals surface area contributed by atoms with Crippen LogP contribution in [0, 0.1) is 0 Å². The average molecular weight is 223 g/mol. The Hall–Kier alpha value is -2.37. The first kappa shape index (κ1) is 13.6. The second-order valence-electron chi connectivity index (χ2n) is 2.85. The molecule has 0 aromatic rings. The third kappa shape index (κ3) is 4.75. The minimum absolute atomic E-state index is 0.148. The molecule has 6 nitrogen and oxygen atoms in total. The van der Waals surface area contributed by atoms with Gasteiger partial charge in [0.25, 0.3) is 5.91 Å². The van der Waals surface area contributed by atoms with E-state index in [1.165, 1.54) is 19.1 Å². The van der Waals surface area contributed by atoms with Crippen molar-refractivity contribution in [2.24, 2.45) is 11.5 Å². The molecule has 0 bridgehead atoms. The van der Waals surface area contributed by atoms with Gasteiger partial charge in [0.15, 0.2) is 0 Å². The van der Waals surface area contributed by atoms with E-state index < -0.39 is 17.7 Å². The summed E-state index contributed by atoms with van der Waals surface area (Å²) < 4.78 is 0. The second-order valence-corrected chi connectivity index (χ2v) is 2.85. The van der Waals surface area contributed by atoms with Gasteiger partial charge < -0.3 is 16.8 Å².